The van der Waals surface area contributed by atoms with Crippen LogP contribution in [0.4, 0.5) is 0 Å². The Hall–Kier alpha value is -2.76. The van der Waals surface area contributed by atoms with Crippen LogP contribution in [0.25, 0.3) is 0 Å². The molecule has 6 heteroatoms. The number of benzene rings is 1. The van der Waals surface area contributed by atoms with Crippen LogP contribution in [0.2, 0.25) is 0 Å². The monoisotopic (exact) mass is 260 g/mol. The first kappa shape index (κ1) is 12.7. The number of amides is 1. The van der Waals surface area contributed by atoms with E-state index in [0.29, 0.717) is 11.3 Å². The molecule has 0 saturated carbocycles. The van der Waals surface area contributed by atoms with Gasteiger partial charge in [-0.3, -0.25) is 4.79 Å². The number of hydrazone groups is 1. The number of carbonyl (C=O) groups is 1. The van der Waals surface area contributed by atoms with E-state index in [-0.39, 0.29) is 17.3 Å². The van der Waals surface area contributed by atoms with Crippen LogP contribution in [-0.4, -0.2) is 22.3 Å². The molecule has 1 aromatic heterocycles. The molecule has 0 spiro atoms. The number of aryl methyl sites for hydroxylation is 1. The minimum absolute atomic E-state index is 0.0512. The Bertz CT molecular complexity index is 631. The van der Waals surface area contributed by atoms with Gasteiger partial charge in [-0.2, -0.15) is 5.10 Å². The molecule has 0 aliphatic rings. The van der Waals surface area contributed by atoms with E-state index < -0.39 is 5.91 Å². The molecule has 0 fully saturated rings. The van der Waals surface area contributed by atoms with Gasteiger partial charge in [-0.15, -0.1) is 0 Å². The van der Waals surface area contributed by atoms with Crippen molar-refractivity contribution in [3.63, 3.8) is 0 Å². The second-order valence-corrected chi connectivity index (χ2v) is 3.85. The van der Waals surface area contributed by atoms with E-state index in [0.717, 1.165) is 0 Å². The van der Waals surface area contributed by atoms with Crippen LogP contribution in [-0.2, 0) is 0 Å². The van der Waals surface area contributed by atoms with E-state index in [2.05, 4.69) is 10.5 Å². The van der Waals surface area contributed by atoms with Crippen molar-refractivity contribution in [2.75, 3.05) is 0 Å². The van der Waals surface area contributed by atoms with Crippen molar-refractivity contribution in [1.82, 2.24) is 5.43 Å². The molecule has 1 aromatic carbocycles. The SMILES string of the molecule is Cc1ccc(C(=O)N/N=C/c2ccc(O)cc2O)o1. The smallest absolute Gasteiger partial charge is 0.307 e. The van der Waals surface area contributed by atoms with Gasteiger partial charge in [0.15, 0.2) is 5.76 Å². The lowest BCUT2D eigenvalue weighted by atomic mass is 10.2. The first-order valence-electron chi connectivity index (χ1n) is 5.48. The van der Waals surface area contributed by atoms with Gasteiger partial charge in [0.1, 0.15) is 17.3 Å². The Labute approximate surface area is 109 Å². The minimum Gasteiger partial charge on any atom is -0.508 e. The van der Waals surface area contributed by atoms with E-state index in [1.807, 2.05) is 0 Å². The number of carbonyl (C=O) groups excluding carboxylic acids is 1. The number of aromatic hydroxyl groups is 2. The first-order chi connectivity index (χ1) is 9.06. The number of phenolic OH excluding ortho intramolecular Hbond substituents is 2. The third-order valence-electron chi connectivity index (χ3n) is 2.35. The fraction of sp³-hybridized carbons (Fsp3) is 0.0769. The Morgan fingerprint density at radius 1 is 1.32 bits per heavy atom. The molecule has 1 heterocycles. The molecule has 2 rings (SSSR count). The summed E-state index contributed by atoms with van der Waals surface area (Å²) in [7, 11) is 0. The second kappa shape index (κ2) is 5.26. The number of nitrogens with zero attached hydrogens (tertiary/aromatic N) is 1. The molecular formula is C13H12N2O4. The third-order valence-corrected chi connectivity index (χ3v) is 2.35. The lowest BCUT2D eigenvalue weighted by Gasteiger charge is -1.99. The number of nitrogens with one attached hydrogen (secondary N) is 1. The maximum Gasteiger partial charge on any atom is 0.307 e. The normalized spacial score (nSPS) is 10.8. The van der Waals surface area contributed by atoms with Gasteiger partial charge in [0.05, 0.1) is 6.21 Å². The van der Waals surface area contributed by atoms with E-state index >= 15 is 0 Å². The second-order valence-electron chi connectivity index (χ2n) is 3.85. The Morgan fingerprint density at radius 2 is 2.11 bits per heavy atom. The predicted octanol–water partition coefficient (Wildman–Crippen LogP) is 1.76. The quantitative estimate of drug-likeness (QED) is 0.579. The van der Waals surface area contributed by atoms with E-state index in [4.69, 9.17) is 9.52 Å². The summed E-state index contributed by atoms with van der Waals surface area (Å²) in [6, 6.07) is 7.26. The molecule has 1 amide bonds. The minimum atomic E-state index is -0.484. The molecule has 2 aromatic rings. The van der Waals surface area contributed by atoms with Crippen LogP contribution in [0.15, 0.2) is 39.9 Å². The number of hydrogen-bond acceptors (Lipinski definition) is 5. The van der Waals surface area contributed by atoms with Crippen LogP contribution in [0.1, 0.15) is 21.9 Å². The molecule has 0 aliphatic heterocycles. The highest BCUT2D eigenvalue weighted by molar-refractivity contribution is 5.92. The molecule has 0 bridgehead atoms. The van der Waals surface area contributed by atoms with Gasteiger partial charge in [0.25, 0.3) is 0 Å². The molecule has 0 unspecified atom stereocenters. The number of rotatable bonds is 3. The Morgan fingerprint density at radius 3 is 2.74 bits per heavy atom. The van der Waals surface area contributed by atoms with Crippen molar-refractivity contribution < 1.29 is 19.4 Å². The van der Waals surface area contributed by atoms with Crippen molar-refractivity contribution >= 4 is 12.1 Å². The zero-order chi connectivity index (χ0) is 13.8. The maximum atomic E-state index is 11.6. The average molecular weight is 260 g/mol. The molecule has 0 atom stereocenters. The van der Waals surface area contributed by atoms with Crippen LogP contribution in [0, 0.1) is 6.92 Å². The summed E-state index contributed by atoms with van der Waals surface area (Å²) in [5.41, 5.74) is 2.63. The lowest BCUT2D eigenvalue weighted by Crippen LogP contribution is -2.16. The van der Waals surface area contributed by atoms with Crippen LogP contribution >= 0.6 is 0 Å². The fourth-order valence-electron chi connectivity index (χ4n) is 1.41. The zero-order valence-corrected chi connectivity index (χ0v) is 10.1. The molecular weight excluding hydrogens is 248 g/mol. The number of phenols is 2. The average Bonchev–Trinajstić information content (AvgIpc) is 2.78. The molecule has 98 valence electrons. The number of furan rings is 1. The first-order valence-corrected chi connectivity index (χ1v) is 5.48. The summed E-state index contributed by atoms with van der Waals surface area (Å²) in [5, 5.41) is 22.3. The fourth-order valence-corrected chi connectivity index (χ4v) is 1.41. The Balaban J connectivity index is 2.02. The lowest BCUT2D eigenvalue weighted by molar-refractivity contribution is 0.0926. The van der Waals surface area contributed by atoms with Crippen LogP contribution < -0.4 is 5.43 Å². The van der Waals surface area contributed by atoms with Gasteiger partial charge < -0.3 is 14.6 Å². The summed E-state index contributed by atoms with van der Waals surface area (Å²) < 4.78 is 5.12. The zero-order valence-electron chi connectivity index (χ0n) is 10.1. The molecule has 6 nitrogen and oxygen atoms in total. The highest BCUT2D eigenvalue weighted by Crippen LogP contribution is 2.20. The van der Waals surface area contributed by atoms with Crippen molar-refractivity contribution in [1.29, 1.82) is 0 Å². The van der Waals surface area contributed by atoms with Gasteiger partial charge in [-0.25, -0.2) is 5.43 Å². The van der Waals surface area contributed by atoms with Gasteiger partial charge >= 0.3 is 5.91 Å². The summed E-state index contributed by atoms with van der Waals surface area (Å²) in [6.45, 7) is 1.73. The number of hydrogen-bond donors (Lipinski definition) is 3. The largest absolute Gasteiger partial charge is 0.508 e. The molecule has 0 radical (unpaired) electrons. The molecule has 19 heavy (non-hydrogen) atoms. The van der Waals surface area contributed by atoms with Crippen molar-refractivity contribution in [3.05, 3.63) is 47.4 Å². The summed E-state index contributed by atoms with van der Waals surface area (Å²) in [5.74, 6) is 0.120. The van der Waals surface area contributed by atoms with Gasteiger partial charge in [-0.1, -0.05) is 0 Å². The Kier molecular flexibility index (Phi) is 3.51. The maximum absolute atomic E-state index is 11.6. The van der Waals surface area contributed by atoms with Crippen molar-refractivity contribution in [2.45, 2.75) is 6.92 Å². The van der Waals surface area contributed by atoms with Gasteiger partial charge in [0, 0.05) is 11.6 Å². The summed E-state index contributed by atoms with van der Waals surface area (Å²) >= 11 is 0. The van der Waals surface area contributed by atoms with E-state index in [9.17, 15) is 9.90 Å². The summed E-state index contributed by atoms with van der Waals surface area (Å²) in [6.07, 6.45) is 1.27. The highest BCUT2D eigenvalue weighted by atomic mass is 16.3. The topological polar surface area (TPSA) is 95.1 Å². The standard InChI is InChI=1S/C13H12N2O4/c1-8-2-5-12(19-8)13(18)15-14-7-9-3-4-10(16)6-11(9)17/h2-7,16-17H,1H3,(H,15,18)/b14-7+. The van der Waals surface area contributed by atoms with Crippen LogP contribution in [0.3, 0.4) is 0 Å². The van der Waals surface area contributed by atoms with Crippen molar-refractivity contribution in [2.24, 2.45) is 5.10 Å². The summed E-state index contributed by atoms with van der Waals surface area (Å²) in [4.78, 5) is 11.6. The van der Waals surface area contributed by atoms with Crippen LogP contribution in [0.5, 0.6) is 11.5 Å². The third kappa shape index (κ3) is 3.12. The molecule has 0 aliphatic carbocycles. The van der Waals surface area contributed by atoms with E-state index in [1.54, 1.807) is 13.0 Å². The van der Waals surface area contributed by atoms with Gasteiger partial charge in [0.2, 0.25) is 0 Å². The van der Waals surface area contributed by atoms with Crippen molar-refractivity contribution in [3.8, 4) is 11.5 Å². The molecule has 3 N–H and O–H groups in total. The molecule has 0 saturated heterocycles. The van der Waals surface area contributed by atoms with E-state index in [1.165, 1.54) is 30.5 Å². The van der Waals surface area contributed by atoms with Gasteiger partial charge in [-0.05, 0) is 31.2 Å². The predicted molar refractivity (Wildman–Crippen MR) is 68.3 cm³/mol. The highest BCUT2D eigenvalue weighted by Gasteiger charge is 2.08.